The molecule has 0 spiro atoms. The van der Waals surface area contributed by atoms with Crippen molar-refractivity contribution < 1.29 is 23.4 Å². The SMILES string of the molecule is COC(=O)[C@H]1O[C@@H](O[Si](C)(C)C(C)(C)C)C[C@H](OCc2ccccc2)[C@H]1C. The Bertz CT molecular complexity index is 611. The molecule has 0 amide bonds. The molecule has 1 fully saturated rings. The van der Waals surface area contributed by atoms with Crippen molar-refractivity contribution in [3.63, 3.8) is 0 Å². The number of carbonyl (C=O) groups excluding carboxylic acids is 1. The molecule has 0 radical (unpaired) electrons. The van der Waals surface area contributed by atoms with Gasteiger partial charge in [-0.05, 0) is 23.7 Å². The van der Waals surface area contributed by atoms with Gasteiger partial charge >= 0.3 is 5.97 Å². The second kappa shape index (κ2) is 8.86. The highest BCUT2D eigenvalue weighted by Crippen LogP contribution is 2.40. The molecule has 1 aliphatic heterocycles. The molecule has 5 nitrogen and oxygen atoms in total. The Morgan fingerprint density at radius 3 is 2.41 bits per heavy atom. The van der Waals surface area contributed by atoms with Crippen LogP contribution in [-0.4, -0.2) is 39.9 Å². The summed E-state index contributed by atoms with van der Waals surface area (Å²) < 4.78 is 23.6. The van der Waals surface area contributed by atoms with E-state index in [9.17, 15) is 4.79 Å². The molecule has 1 aromatic carbocycles. The van der Waals surface area contributed by atoms with Gasteiger partial charge in [-0.1, -0.05) is 58.0 Å². The van der Waals surface area contributed by atoms with Gasteiger partial charge in [0.1, 0.15) is 0 Å². The lowest BCUT2D eigenvalue weighted by molar-refractivity contribution is -0.224. The number of hydrogen-bond acceptors (Lipinski definition) is 5. The van der Waals surface area contributed by atoms with E-state index in [0.717, 1.165) is 5.56 Å². The standard InChI is InChI=1S/C21H34O5Si/c1-15-17(24-14-16-11-9-8-10-12-16)13-18(25-19(15)20(22)23-5)26-27(6,7)21(2,3)4/h8-12,15,17-19H,13-14H2,1-7H3/t15-,17+,18+,19+/m1/s1. The zero-order valence-corrected chi connectivity index (χ0v) is 18.7. The first-order valence-corrected chi connectivity index (χ1v) is 12.5. The third-order valence-electron chi connectivity index (χ3n) is 5.76. The van der Waals surface area contributed by atoms with Crippen molar-refractivity contribution >= 4 is 14.3 Å². The van der Waals surface area contributed by atoms with Gasteiger partial charge < -0.3 is 18.6 Å². The number of ether oxygens (including phenoxy) is 3. The van der Waals surface area contributed by atoms with Crippen molar-refractivity contribution in [2.45, 2.75) is 77.4 Å². The quantitative estimate of drug-likeness (QED) is 0.524. The first kappa shape index (κ1) is 22.1. The normalized spacial score (nSPS) is 26.6. The van der Waals surface area contributed by atoms with Crippen molar-refractivity contribution in [3.8, 4) is 0 Å². The van der Waals surface area contributed by atoms with E-state index < -0.39 is 20.7 Å². The van der Waals surface area contributed by atoms with E-state index in [1.165, 1.54) is 7.11 Å². The highest BCUT2D eigenvalue weighted by Gasteiger charge is 2.46. The maximum absolute atomic E-state index is 12.3. The van der Waals surface area contributed by atoms with Crippen LogP contribution in [-0.2, 0) is 30.0 Å². The summed E-state index contributed by atoms with van der Waals surface area (Å²) in [4.78, 5) is 12.3. The summed E-state index contributed by atoms with van der Waals surface area (Å²) >= 11 is 0. The smallest absolute Gasteiger partial charge is 0.335 e. The Balaban J connectivity index is 2.13. The first-order chi connectivity index (χ1) is 12.5. The number of carbonyl (C=O) groups is 1. The Hall–Kier alpha value is -1.21. The van der Waals surface area contributed by atoms with Crippen LogP contribution in [0.3, 0.4) is 0 Å². The van der Waals surface area contributed by atoms with Crippen LogP contribution in [0.15, 0.2) is 30.3 Å². The predicted molar refractivity (Wildman–Crippen MR) is 108 cm³/mol. The van der Waals surface area contributed by atoms with Crippen LogP contribution < -0.4 is 0 Å². The summed E-state index contributed by atoms with van der Waals surface area (Å²) in [6.45, 7) is 13.4. The molecule has 0 aromatic heterocycles. The number of benzene rings is 1. The summed E-state index contributed by atoms with van der Waals surface area (Å²) in [5.74, 6) is -0.486. The molecular formula is C21H34O5Si. The summed E-state index contributed by atoms with van der Waals surface area (Å²) in [6, 6.07) is 10.0. The second-order valence-electron chi connectivity index (χ2n) is 8.82. The molecule has 4 atom stereocenters. The number of esters is 1. The molecule has 0 N–H and O–H groups in total. The van der Waals surface area contributed by atoms with Crippen molar-refractivity contribution in [1.82, 2.24) is 0 Å². The molecule has 6 heteroatoms. The molecule has 0 unspecified atom stereocenters. The lowest BCUT2D eigenvalue weighted by Gasteiger charge is -2.44. The average Bonchev–Trinajstić information content (AvgIpc) is 2.60. The Kier molecular flexibility index (Phi) is 7.25. The molecule has 0 saturated carbocycles. The van der Waals surface area contributed by atoms with Crippen LogP contribution >= 0.6 is 0 Å². The lowest BCUT2D eigenvalue weighted by atomic mass is 9.92. The minimum Gasteiger partial charge on any atom is -0.467 e. The lowest BCUT2D eigenvalue weighted by Crippen LogP contribution is -2.53. The van der Waals surface area contributed by atoms with Gasteiger partial charge in [-0.15, -0.1) is 0 Å². The number of methoxy groups -OCH3 is 1. The summed E-state index contributed by atoms with van der Waals surface area (Å²) in [6.07, 6.45) is -0.683. The Morgan fingerprint density at radius 1 is 1.22 bits per heavy atom. The van der Waals surface area contributed by atoms with Crippen LogP contribution in [0.1, 0.15) is 39.7 Å². The van der Waals surface area contributed by atoms with E-state index >= 15 is 0 Å². The topological polar surface area (TPSA) is 54.0 Å². The highest BCUT2D eigenvalue weighted by molar-refractivity contribution is 6.74. The summed E-state index contributed by atoms with van der Waals surface area (Å²) in [5, 5.41) is 0.0561. The fourth-order valence-corrected chi connectivity index (χ4v) is 4.07. The fourth-order valence-electron chi connectivity index (χ4n) is 2.91. The van der Waals surface area contributed by atoms with Crippen LogP contribution in [0.5, 0.6) is 0 Å². The maximum Gasteiger partial charge on any atom is 0.335 e. The van der Waals surface area contributed by atoms with Gasteiger partial charge in [-0.3, -0.25) is 0 Å². The highest BCUT2D eigenvalue weighted by atomic mass is 28.4. The van der Waals surface area contributed by atoms with Gasteiger partial charge in [0, 0.05) is 12.3 Å². The third-order valence-corrected chi connectivity index (χ3v) is 10.2. The monoisotopic (exact) mass is 394 g/mol. The summed E-state index contributed by atoms with van der Waals surface area (Å²) in [7, 11) is -0.653. The van der Waals surface area contributed by atoms with E-state index in [1.807, 2.05) is 37.3 Å². The molecule has 2 rings (SSSR count). The van der Waals surface area contributed by atoms with Crippen molar-refractivity contribution in [2.24, 2.45) is 5.92 Å². The van der Waals surface area contributed by atoms with Gasteiger partial charge in [-0.25, -0.2) is 4.79 Å². The average molecular weight is 395 g/mol. The first-order valence-electron chi connectivity index (χ1n) is 9.62. The second-order valence-corrected chi connectivity index (χ2v) is 13.6. The number of rotatable bonds is 6. The van der Waals surface area contributed by atoms with Gasteiger partial charge in [0.2, 0.25) is 0 Å². The zero-order chi connectivity index (χ0) is 20.2. The van der Waals surface area contributed by atoms with Crippen molar-refractivity contribution in [2.75, 3.05) is 7.11 Å². The van der Waals surface area contributed by atoms with E-state index in [2.05, 4.69) is 33.9 Å². The third kappa shape index (κ3) is 5.64. The van der Waals surface area contributed by atoms with Gasteiger partial charge in [-0.2, -0.15) is 0 Å². The molecule has 27 heavy (non-hydrogen) atoms. The number of hydrogen-bond donors (Lipinski definition) is 0. The molecular weight excluding hydrogens is 360 g/mol. The van der Waals surface area contributed by atoms with E-state index in [0.29, 0.717) is 13.0 Å². The van der Waals surface area contributed by atoms with Crippen LogP contribution in [0.25, 0.3) is 0 Å². The van der Waals surface area contributed by atoms with Crippen molar-refractivity contribution in [3.05, 3.63) is 35.9 Å². The minimum absolute atomic E-state index is 0.0561. The molecule has 1 aromatic rings. The largest absolute Gasteiger partial charge is 0.467 e. The van der Waals surface area contributed by atoms with E-state index in [1.54, 1.807) is 0 Å². The summed E-state index contributed by atoms with van der Waals surface area (Å²) in [5.41, 5.74) is 1.10. The van der Waals surface area contributed by atoms with Crippen LogP contribution in [0, 0.1) is 5.92 Å². The Labute approximate surface area is 164 Å². The van der Waals surface area contributed by atoms with Gasteiger partial charge in [0.25, 0.3) is 0 Å². The molecule has 1 saturated heterocycles. The molecule has 0 bridgehead atoms. The molecule has 1 aliphatic rings. The predicted octanol–water partition coefficient (Wildman–Crippen LogP) is 4.52. The molecule has 1 heterocycles. The zero-order valence-electron chi connectivity index (χ0n) is 17.7. The Morgan fingerprint density at radius 2 is 1.85 bits per heavy atom. The minimum atomic E-state index is -2.04. The molecule has 0 aliphatic carbocycles. The fraction of sp³-hybridized carbons (Fsp3) is 0.667. The maximum atomic E-state index is 12.3. The van der Waals surface area contributed by atoms with Crippen molar-refractivity contribution in [1.29, 1.82) is 0 Å². The van der Waals surface area contributed by atoms with Crippen LogP contribution in [0.2, 0.25) is 18.1 Å². The van der Waals surface area contributed by atoms with Gasteiger partial charge in [0.05, 0.1) is 19.8 Å². The molecule has 152 valence electrons. The van der Waals surface area contributed by atoms with E-state index in [4.69, 9.17) is 18.6 Å². The van der Waals surface area contributed by atoms with Crippen LogP contribution in [0.4, 0.5) is 0 Å². The van der Waals surface area contributed by atoms with Gasteiger partial charge in [0.15, 0.2) is 20.7 Å². The van der Waals surface area contributed by atoms with E-state index in [-0.39, 0.29) is 23.0 Å².